The molecule has 116 valence electrons. The van der Waals surface area contributed by atoms with Crippen LogP contribution < -0.4 is 10.5 Å². The second kappa shape index (κ2) is 5.91. The first kappa shape index (κ1) is 16.2. The van der Waals surface area contributed by atoms with Crippen molar-refractivity contribution in [3.63, 3.8) is 0 Å². The van der Waals surface area contributed by atoms with E-state index >= 15 is 0 Å². The van der Waals surface area contributed by atoms with Crippen LogP contribution >= 0.6 is 15.9 Å². The minimum absolute atomic E-state index is 0.0153. The number of furan rings is 1. The van der Waals surface area contributed by atoms with Gasteiger partial charge in [0.05, 0.1) is 12.2 Å². The molecular weight excluding hydrogens is 362 g/mol. The normalized spacial score (nSPS) is 13.6. The van der Waals surface area contributed by atoms with Crippen LogP contribution in [0.1, 0.15) is 35.7 Å². The number of nitrogens with one attached hydrogen (secondary N) is 1. The zero-order valence-electron chi connectivity index (χ0n) is 11.8. The van der Waals surface area contributed by atoms with Crippen molar-refractivity contribution in [3.8, 4) is 0 Å². The number of nitrogens with zero attached hydrogens (tertiary/aromatic N) is 1. The Kier molecular flexibility index (Phi) is 4.57. The van der Waals surface area contributed by atoms with Gasteiger partial charge in [0.2, 0.25) is 10.0 Å². The number of hydrogen-bond donors (Lipinski definition) is 2. The molecule has 0 amide bonds. The standard InChI is InChI=1S/C12H16BrN3O4S/c1-6-11(8(3)20-15-6)7(2)16-21(17,18)10-4-9(5-14)19-12(10)13/h4,7,16H,5,14H2,1-3H3. The van der Waals surface area contributed by atoms with Crippen LogP contribution in [0, 0.1) is 13.8 Å². The van der Waals surface area contributed by atoms with Crippen molar-refractivity contribution in [2.75, 3.05) is 0 Å². The van der Waals surface area contributed by atoms with Gasteiger partial charge in [-0.05, 0) is 36.7 Å². The molecule has 0 aliphatic heterocycles. The Hall–Kier alpha value is -1.16. The molecule has 0 fully saturated rings. The van der Waals surface area contributed by atoms with E-state index in [0.717, 1.165) is 5.56 Å². The highest BCUT2D eigenvalue weighted by Crippen LogP contribution is 2.28. The van der Waals surface area contributed by atoms with Crippen LogP contribution in [-0.2, 0) is 16.6 Å². The van der Waals surface area contributed by atoms with Gasteiger partial charge in [-0.3, -0.25) is 0 Å². The SMILES string of the molecule is Cc1noc(C)c1C(C)NS(=O)(=O)c1cc(CN)oc1Br. The lowest BCUT2D eigenvalue weighted by Crippen LogP contribution is -2.27. The van der Waals surface area contributed by atoms with Gasteiger partial charge >= 0.3 is 0 Å². The minimum Gasteiger partial charge on any atom is -0.452 e. The second-order valence-corrected chi connectivity index (χ2v) is 7.04. The quantitative estimate of drug-likeness (QED) is 0.825. The summed E-state index contributed by atoms with van der Waals surface area (Å²) < 4.78 is 37.8. The Balaban J connectivity index is 2.31. The fourth-order valence-electron chi connectivity index (χ4n) is 2.15. The van der Waals surface area contributed by atoms with Gasteiger partial charge < -0.3 is 14.7 Å². The summed E-state index contributed by atoms with van der Waals surface area (Å²) in [6, 6.07) is 0.913. The number of rotatable bonds is 5. The third kappa shape index (κ3) is 3.20. The molecule has 21 heavy (non-hydrogen) atoms. The molecule has 0 radical (unpaired) electrons. The Morgan fingerprint density at radius 2 is 2.14 bits per heavy atom. The molecule has 9 heteroatoms. The number of halogens is 1. The summed E-state index contributed by atoms with van der Waals surface area (Å²) in [6.45, 7) is 5.34. The van der Waals surface area contributed by atoms with E-state index in [1.165, 1.54) is 6.07 Å². The monoisotopic (exact) mass is 377 g/mol. The van der Waals surface area contributed by atoms with E-state index in [4.69, 9.17) is 14.7 Å². The molecule has 2 aromatic rings. The summed E-state index contributed by atoms with van der Waals surface area (Å²) in [5, 5.41) is 3.82. The summed E-state index contributed by atoms with van der Waals surface area (Å²) in [4.78, 5) is 0.0153. The number of aromatic nitrogens is 1. The molecule has 1 unspecified atom stereocenters. The van der Waals surface area contributed by atoms with Crippen molar-refractivity contribution >= 4 is 26.0 Å². The number of aryl methyl sites for hydroxylation is 2. The molecule has 0 aliphatic rings. The molecule has 0 aliphatic carbocycles. The van der Waals surface area contributed by atoms with Gasteiger partial charge in [-0.25, -0.2) is 13.1 Å². The second-order valence-electron chi connectivity index (χ2n) is 4.64. The topological polar surface area (TPSA) is 111 Å². The average molecular weight is 378 g/mol. The summed E-state index contributed by atoms with van der Waals surface area (Å²) >= 11 is 3.09. The van der Waals surface area contributed by atoms with Crippen LogP contribution in [0.2, 0.25) is 0 Å². The number of hydrogen-bond acceptors (Lipinski definition) is 6. The maximum atomic E-state index is 12.4. The highest BCUT2D eigenvalue weighted by atomic mass is 79.9. The summed E-state index contributed by atoms with van der Waals surface area (Å²) in [7, 11) is -3.75. The molecule has 0 saturated carbocycles. The average Bonchev–Trinajstić information content (AvgIpc) is 2.92. The van der Waals surface area contributed by atoms with E-state index in [1.54, 1.807) is 20.8 Å². The zero-order valence-corrected chi connectivity index (χ0v) is 14.2. The zero-order chi connectivity index (χ0) is 15.8. The molecule has 1 atom stereocenters. The van der Waals surface area contributed by atoms with E-state index < -0.39 is 16.1 Å². The van der Waals surface area contributed by atoms with Crippen molar-refractivity contribution in [1.82, 2.24) is 9.88 Å². The first-order valence-corrected chi connectivity index (χ1v) is 8.47. The lowest BCUT2D eigenvalue weighted by molar-refractivity contribution is 0.391. The fourth-order valence-corrected chi connectivity index (χ4v) is 4.36. The van der Waals surface area contributed by atoms with Gasteiger partial charge in [0, 0.05) is 17.7 Å². The highest BCUT2D eigenvalue weighted by Gasteiger charge is 2.27. The van der Waals surface area contributed by atoms with Crippen LogP contribution in [0.5, 0.6) is 0 Å². The van der Waals surface area contributed by atoms with Gasteiger partial charge in [0.15, 0.2) is 4.67 Å². The lowest BCUT2D eigenvalue weighted by Gasteiger charge is -2.13. The minimum atomic E-state index is -3.75. The van der Waals surface area contributed by atoms with Gasteiger partial charge in [-0.15, -0.1) is 0 Å². The molecule has 0 spiro atoms. The van der Waals surface area contributed by atoms with Crippen LogP contribution in [-0.4, -0.2) is 13.6 Å². The van der Waals surface area contributed by atoms with Crippen molar-refractivity contribution in [2.24, 2.45) is 5.73 Å². The Morgan fingerprint density at radius 3 is 2.62 bits per heavy atom. The predicted octanol–water partition coefficient (Wildman–Crippen LogP) is 2.15. The van der Waals surface area contributed by atoms with E-state index in [9.17, 15) is 8.42 Å². The number of sulfonamides is 1. The fraction of sp³-hybridized carbons (Fsp3) is 0.417. The summed E-state index contributed by atoms with van der Waals surface area (Å²) in [6.07, 6.45) is 0. The van der Waals surface area contributed by atoms with Crippen LogP contribution in [0.4, 0.5) is 0 Å². The molecular formula is C12H16BrN3O4S. The molecule has 0 bridgehead atoms. The molecule has 2 heterocycles. The maximum absolute atomic E-state index is 12.4. The highest BCUT2D eigenvalue weighted by molar-refractivity contribution is 9.10. The third-order valence-electron chi connectivity index (χ3n) is 3.05. The lowest BCUT2D eigenvalue weighted by atomic mass is 10.1. The van der Waals surface area contributed by atoms with E-state index in [2.05, 4.69) is 25.8 Å². The van der Waals surface area contributed by atoms with Gasteiger partial charge in [-0.2, -0.15) is 0 Å². The predicted molar refractivity (Wildman–Crippen MR) is 79.0 cm³/mol. The largest absolute Gasteiger partial charge is 0.452 e. The molecule has 7 nitrogen and oxygen atoms in total. The number of nitrogens with two attached hydrogens (primary N) is 1. The van der Waals surface area contributed by atoms with Crippen molar-refractivity contribution < 1.29 is 17.4 Å². The van der Waals surface area contributed by atoms with E-state index in [0.29, 0.717) is 17.2 Å². The molecule has 2 aromatic heterocycles. The van der Waals surface area contributed by atoms with Gasteiger partial charge in [0.1, 0.15) is 16.4 Å². The van der Waals surface area contributed by atoms with Gasteiger partial charge in [0.25, 0.3) is 0 Å². The Labute approximate surface area is 131 Å². The maximum Gasteiger partial charge on any atom is 0.245 e. The molecule has 3 N–H and O–H groups in total. The van der Waals surface area contributed by atoms with Crippen molar-refractivity contribution in [3.05, 3.63) is 33.5 Å². The Bertz CT molecular complexity index is 731. The summed E-state index contributed by atoms with van der Waals surface area (Å²) in [5.74, 6) is 0.962. The molecule has 0 saturated heterocycles. The van der Waals surface area contributed by atoms with Crippen LogP contribution in [0.15, 0.2) is 24.6 Å². The first-order valence-electron chi connectivity index (χ1n) is 6.19. The van der Waals surface area contributed by atoms with Gasteiger partial charge in [-0.1, -0.05) is 5.16 Å². The van der Waals surface area contributed by atoms with Crippen molar-refractivity contribution in [2.45, 2.75) is 38.3 Å². The first-order chi connectivity index (χ1) is 9.76. The van der Waals surface area contributed by atoms with E-state index in [1.807, 2.05) is 0 Å². The van der Waals surface area contributed by atoms with Crippen LogP contribution in [0.3, 0.4) is 0 Å². The van der Waals surface area contributed by atoms with E-state index in [-0.39, 0.29) is 16.1 Å². The summed E-state index contributed by atoms with van der Waals surface area (Å²) in [5.41, 5.74) is 6.81. The molecule has 0 aromatic carbocycles. The molecule has 2 rings (SSSR count). The van der Waals surface area contributed by atoms with Crippen LogP contribution in [0.25, 0.3) is 0 Å². The third-order valence-corrected chi connectivity index (χ3v) is 5.45. The smallest absolute Gasteiger partial charge is 0.245 e. The van der Waals surface area contributed by atoms with Crippen molar-refractivity contribution in [1.29, 1.82) is 0 Å². The Morgan fingerprint density at radius 1 is 1.48 bits per heavy atom.